The molecular formula is C14H13NO5S2. The van der Waals surface area contributed by atoms with Crippen molar-refractivity contribution in [3.63, 3.8) is 0 Å². The predicted octanol–water partition coefficient (Wildman–Crippen LogP) is 1.96. The van der Waals surface area contributed by atoms with Crippen molar-refractivity contribution in [3.05, 3.63) is 28.2 Å². The third kappa shape index (κ3) is 3.94. The molecule has 1 aromatic carbocycles. The van der Waals surface area contributed by atoms with E-state index in [0.29, 0.717) is 20.5 Å². The number of carbonyl (C=O) groups excluding carboxylic acids is 3. The summed E-state index contributed by atoms with van der Waals surface area (Å²) in [7, 11) is 3.14. The minimum Gasteiger partial charge on any atom is -0.504 e. The van der Waals surface area contributed by atoms with Gasteiger partial charge in [-0.3, -0.25) is 9.69 Å². The monoisotopic (exact) mass is 339 g/mol. The van der Waals surface area contributed by atoms with Gasteiger partial charge in [0.1, 0.15) is 4.32 Å². The summed E-state index contributed by atoms with van der Waals surface area (Å²) in [5.74, 6) is 0.389. The first kappa shape index (κ1) is 17.9. The maximum atomic E-state index is 11.9. The highest BCUT2D eigenvalue weighted by Crippen LogP contribution is 2.35. The van der Waals surface area contributed by atoms with Gasteiger partial charge in [-0.05, 0) is 36.3 Å². The van der Waals surface area contributed by atoms with Gasteiger partial charge in [0.25, 0.3) is 5.91 Å². The Balaban J connectivity index is 0.000000745. The molecule has 0 atom stereocenters. The Morgan fingerprint density at radius 2 is 2.00 bits per heavy atom. The summed E-state index contributed by atoms with van der Waals surface area (Å²) in [5.41, 5.74) is 1.48. The van der Waals surface area contributed by atoms with Crippen LogP contribution >= 0.6 is 24.0 Å². The number of methoxy groups -OCH3 is 1. The van der Waals surface area contributed by atoms with Crippen LogP contribution in [-0.2, 0) is 14.4 Å². The van der Waals surface area contributed by atoms with Crippen molar-refractivity contribution in [1.29, 1.82) is 0 Å². The van der Waals surface area contributed by atoms with Gasteiger partial charge in [-0.2, -0.15) is 9.59 Å². The molecule has 0 unspecified atom stereocenters. The van der Waals surface area contributed by atoms with E-state index in [1.807, 2.05) is 0 Å². The maximum absolute atomic E-state index is 11.9. The minimum absolute atomic E-state index is 0.111. The third-order valence-electron chi connectivity index (χ3n) is 2.79. The Labute approximate surface area is 136 Å². The number of thiocarbonyl (C=S) groups is 1. The van der Waals surface area contributed by atoms with E-state index in [0.717, 1.165) is 5.56 Å². The zero-order chi connectivity index (χ0) is 16.9. The summed E-state index contributed by atoms with van der Waals surface area (Å²) in [4.78, 5) is 30.2. The molecule has 0 aromatic heterocycles. The van der Waals surface area contributed by atoms with Crippen LogP contribution in [0.25, 0.3) is 6.08 Å². The van der Waals surface area contributed by atoms with E-state index >= 15 is 0 Å². The van der Waals surface area contributed by atoms with Crippen LogP contribution in [0.15, 0.2) is 17.0 Å². The average molecular weight is 339 g/mol. The van der Waals surface area contributed by atoms with Crippen molar-refractivity contribution in [1.82, 2.24) is 4.90 Å². The lowest BCUT2D eigenvalue weighted by molar-refractivity contribution is -0.191. The molecule has 8 heteroatoms. The second-order valence-electron chi connectivity index (χ2n) is 4.21. The van der Waals surface area contributed by atoms with Crippen molar-refractivity contribution < 1.29 is 24.2 Å². The van der Waals surface area contributed by atoms with Gasteiger partial charge < -0.3 is 9.84 Å². The highest BCUT2D eigenvalue weighted by Gasteiger charge is 2.28. The Kier molecular flexibility index (Phi) is 6.30. The number of thioether (sulfide) groups is 1. The number of nitrogens with zero attached hydrogens (tertiary/aromatic N) is 1. The Bertz CT molecular complexity index is 678. The Hall–Kier alpha value is -2.15. The van der Waals surface area contributed by atoms with Crippen LogP contribution in [0.5, 0.6) is 11.5 Å². The van der Waals surface area contributed by atoms with Gasteiger partial charge in [0, 0.05) is 7.05 Å². The molecule has 0 radical (unpaired) electrons. The molecule has 1 N–H and O–H groups in total. The largest absolute Gasteiger partial charge is 0.504 e. The fraction of sp³-hybridized carbons (Fsp3) is 0.214. The second kappa shape index (κ2) is 7.74. The molecule has 0 aliphatic carbocycles. The highest BCUT2D eigenvalue weighted by atomic mass is 32.2. The molecule has 1 fully saturated rings. The molecule has 1 aromatic rings. The molecular weight excluding hydrogens is 326 g/mol. The lowest BCUT2D eigenvalue weighted by atomic mass is 10.1. The molecule has 0 bridgehead atoms. The number of ether oxygens (including phenoxy) is 1. The Morgan fingerprint density at radius 3 is 2.45 bits per heavy atom. The molecule has 0 spiro atoms. The quantitative estimate of drug-likeness (QED) is 0.651. The number of likely N-dealkylation sites (N-methyl/N-ethyl adjacent to an activating group) is 1. The number of amides is 1. The molecule has 1 heterocycles. The highest BCUT2D eigenvalue weighted by molar-refractivity contribution is 8.26. The molecule has 6 nitrogen and oxygen atoms in total. The fourth-order valence-corrected chi connectivity index (χ4v) is 2.89. The summed E-state index contributed by atoms with van der Waals surface area (Å²) in [6, 6.07) is 3.48. The number of hydrogen-bond acceptors (Lipinski definition) is 7. The standard InChI is InChI=1S/C13H13NO3S2.CO2/c1-7-4-8(5-9(17-3)11(7)15)6-10-12(16)14(2)13(18)19-10;2-1-3/h4-6,15H,1-3H3;/b10-6-;. The van der Waals surface area contributed by atoms with Gasteiger partial charge in [0.2, 0.25) is 0 Å². The minimum atomic E-state index is -0.111. The van der Waals surface area contributed by atoms with Crippen LogP contribution in [0.2, 0.25) is 0 Å². The average Bonchev–Trinajstić information content (AvgIpc) is 2.71. The number of benzene rings is 1. The van der Waals surface area contributed by atoms with E-state index in [-0.39, 0.29) is 17.8 Å². The van der Waals surface area contributed by atoms with Gasteiger partial charge in [-0.25, -0.2) is 0 Å². The van der Waals surface area contributed by atoms with Crippen LogP contribution in [0.4, 0.5) is 0 Å². The van der Waals surface area contributed by atoms with Crippen LogP contribution < -0.4 is 4.74 Å². The SMILES string of the molecule is COc1cc(/C=C2\SC(=S)N(C)C2=O)cc(C)c1O.O=C=O. The molecule has 1 amide bonds. The van der Waals surface area contributed by atoms with Gasteiger partial charge >= 0.3 is 6.15 Å². The zero-order valence-electron chi connectivity index (χ0n) is 12.1. The topological polar surface area (TPSA) is 83.9 Å². The van der Waals surface area contributed by atoms with Crippen LogP contribution in [0.3, 0.4) is 0 Å². The number of phenols is 1. The summed E-state index contributed by atoms with van der Waals surface area (Å²) in [6.07, 6.45) is 2.00. The second-order valence-corrected chi connectivity index (χ2v) is 5.89. The maximum Gasteiger partial charge on any atom is 0.373 e. The van der Waals surface area contributed by atoms with E-state index in [1.54, 1.807) is 32.2 Å². The van der Waals surface area contributed by atoms with Crippen LogP contribution in [0.1, 0.15) is 11.1 Å². The summed E-state index contributed by atoms with van der Waals surface area (Å²) in [6.45, 7) is 1.78. The number of carbonyl (C=O) groups is 1. The van der Waals surface area contributed by atoms with E-state index in [4.69, 9.17) is 26.5 Å². The molecule has 2 rings (SSSR count). The molecule has 0 saturated carbocycles. The van der Waals surface area contributed by atoms with Crippen molar-refractivity contribution in [2.75, 3.05) is 14.2 Å². The zero-order valence-corrected chi connectivity index (χ0v) is 13.7. The van der Waals surface area contributed by atoms with Crippen molar-refractivity contribution in [2.24, 2.45) is 0 Å². The number of hydrogen-bond donors (Lipinski definition) is 1. The van der Waals surface area contributed by atoms with Crippen molar-refractivity contribution in [3.8, 4) is 11.5 Å². The van der Waals surface area contributed by atoms with E-state index in [2.05, 4.69) is 0 Å². The normalized spacial score (nSPS) is 15.4. The Morgan fingerprint density at radius 1 is 1.41 bits per heavy atom. The third-order valence-corrected chi connectivity index (χ3v) is 4.28. The predicted molar refractivity (Wildman–Crippen MR) is 85.3 cm³/mol. The first-order valence-electron chi connectivity index (χ1n) is 5.94. The molecule has 1 saturated heterocycles. The number of aryl methyl sites for hydroxylation is 1. The van der Waals surface area contributed by atoms with Crippen molar-refractivity contribution in [2.45, 2.75) is 6.92 Å². The molecule has 116 valence electrons. The number of phenolic OH excluding ortho intramolecular Hbond substituents is 1. The van der Waals surface area contributed by atoms with E-state index < -0.39 is 0 Å². The van der Waals surface area contributed by atoms with Crippen LogP contribution in [0, 0.1) is 6.92 Å². The lowest BCUT2D eigenvalue weighted by Crippen LogP contribution is -2.22. The van der Waals surface area contributed by atoms with Gasteiger partial charge in [0.05, 0.1) is 12.0 Å². The summed E-state index contributed by atoms with van der Waals surface area (Å²) >= 11 is 6.34. The van der Waals surface area contributed by atoms with Crippen molar-refractivity contribution >= 4 is 46.4 Å². The lowest BCUT2D eigenvalue weighted by Gasteiger charge is -2.08. The number of aromatic hydroxyl groups is 1. The van der Waals surface area contributed by atoms with Gasteiger partial charge in [0.15, 0.2) is 11.5 Å². The molecule has 22 heavy (non-hydrogen) atoms. The first-order chi connectivity index (χ1) is 10.3. The summed E-state index contributed by atoms with van der Waals surface area (Å²) < 4.78 is 5.63. The van der Waals surface area contributed by atoms with Gasteiger partial charge in [-0.15, -0.1) is 0 Å². The number of rotatable bonds is 2. The molecule has 1 aliphatic rings. The fourth-order valence-electron chi connectivity index (χ4n) is 1.71. The summed E-state index contributed by atoms with van der Waals surface area (Å²) in [5, 5.41) is 9.77. The van der Waals surface area contributed by atoms with E-state index in [1.165, 1.54) is 23.8 Å². The van der Waals surface area contributed by atoms with Crippen LogP contribution in [-0.4, -0.2) is 40.5 Å². The first-order valence-corrected chi connectivity index (χ1v) is 7.16. The smallest absolute Gasteiger partial charge is 0.373 e. The van der Waals surface area contributed by atoms with Gasteiger partial charge in [-0.1, -0.05) is 24.0 Å². The van der Waals surface area contributed by atoms with E-state index in [9.17, 15) is 9.90 Å². The molecule has 1 aliphatic heterocycles.